The molecule has 3 rings (SSSR count). The van der Waals surface area contributed by atoms with Crippen LogP contribution in [0.5, 0.6) is 0 Å². The maximum atomic E-state index is 12.6. The Bertz CT molecular complexity index is 777. The first-order valence-corrected chi connectivity index (χ1v) is 7.54. The van der Waals surface area contributed by atoms with Crippen LogP contribution in [-0.2, 0) is 4.79 Å². The number of carbonyl (C=O) groups excluding carboxylic acids is 1. The van der Waals surface area contributed by atoms with Crippen molar-refractivity contribution in [3.05, 3.63) is 52.7 Å². The summed E-state index contributed by atoms with van der Waals surface area (Å²) in [4.78, 5) is 29.1. The number of hydrogen-bond acceptors (Lipinski definition) is 3. The Hall–Kier alpha value is -2.43. The van der Waals surface area contributed by atoms with Gasteiger partial charge in [0.2, 0.25) is 5.91 Å². The van der Waals surface area contributed by atoms with Crippen molar-refractivity contribution in [3.8, 4) is 0 Å². The van der Waals surface area contributed by atoms with Crippen LogP contribution in [0, 0.1) is 6.92 Å². The van der Waals surface area contributed by atoms with Crippen molar-refractivity contribution < 1.29 is 4.79 Å². The molecule has 5 nitrogen and oxygen atoms in total. The minimum atomic E-state index is -0.509. The van der Waals surface area contributed by atoms with Gasteiger partial charge in [0.1, 0.15) is 11.9 Å². The second-order valence-corrected chi connectivity index (χ2v) is 5.00. The highest BCUT2D eigenvalue weighted by Crippen LogP contribution is 2.22. The molecule has 5 heteroatoms. The molecule has 1 saturated heterocycles. The van der Waals surface area contributed by atoms with Gasteiger partial charge in [0.25, 0.3) is 5.56 Å². The number of benzene rings is 1. The zero-order chi connectivity index (χ0) is 16.3. The molecule has 2 heterocycles. The first-order chi connectivity index (χ1) is 10.6. The van der Waals surface area contributed by atoms with E-state index in [0.717, 1.165) is 0 Å². The molecule has 0 saturated carbocycles. The summed E-state index contributed by atoms with van der Waals surface area (Å²) >= 11 is 0. The molecule has 1 fully saturated rings. The van der Waals surface area contributed by atoms with Crippen LogP contribution in [0.25, 0.3) is 10.9 Å². The first-order valence-electron chi connectivity index (χ1n) is 7.54. The van der Waals surface area contributed by atoms with E-state index in [9.17, 15) is 9.59 Å². The van der Waals surface area contributed by atoms with Crippen molar-refractivity contribution in [1.29, 1.82) is 0 Å². The van der Waals surface area contributed by atoms with Crippen LogP contribution in [0.2, 0.25) is 0 Å². The van der Waals surface area contributed by atoms with Gasteiger partial charge >= 0.3 is 0 Å². The quantitative estimate of drug-likeness (QED) is 0.880. The summed E-state index contributed by atoms with van der Waals surface area (Å²) in [6.45, 7) is 9.51. The average Bonchev–Trinajstić information content (AvgIpc) is 2.51. The molecule has 1 aromatic heterocycles. The van der Waals surface area contributed by atoms with Crippen LogP contribution in [-0.4, -0.2) is 15.5 Å². The third-order valence-electron chi connectivity index (χ3n) is 3.62. The van der Waals surface area contributed by atoms with Gasteiger partial charge in [-0.25, -0.2) is 4.98 Å². The fourth-order valence-corrected chi connectivity index (χ4v) is 2.63. The molecule has 116 valence electrons. The first kappa shape index (κ1) is 15.9. The summed E-state index contributed by atoms with van der Waals surface area (Å²) in [6.07, 6.45) is 1.25. The summed E-state index contributed by atoms with van der Waals surface area (Å²) < 4.78 is 1.49. The zero-order valence-corrected chi connectivity index (χ0v) is 13.2. The van der Waals surface area contributed by atoms with Crippen molar-refractivity contribution in [1.82, 2.24) is 14.9 Å². The number of piperidine rings is 1. The van der Waals surface area contributed by atoms with Crippen molar-refractivity contribution in [2.75, 3.05) is 0 Å². The number of fused-ring (bicyclic) bond motifs is 1. The Morgan fingerprint density at radius 2 is 1.95 bits per heavy atom. The lowest BCUT2D eigenvalue weighted by molar-refractivity contribution is -0.124. The minimum Gasteiger partial charge on any atom is -0.329 e. The van der Waals surface area contributed by atoms with Gasteiger partial charge in [-0.15, -0.1) is 0 Å². The monoisotopic (exact) mass is 299 g/mol. The number of rotatable bonds is 1. The van der Waals surface area contributed by atoms with Crippen LogP contribution in [0.3, 0.4) is 0 Å². The molecule has 0 aliphatic carbocycles. The van der Waals surface area contributed by atoms with Crippen LogP contribution >= 0.6 is 0 Å². The SMILES string of the molecule is C=C1CCC(n2c(C)nc3ccccc3c2=O)C(=O)N1.CC. The van der Waals surface area contributed by atoms with E-state index in [0.29, 0.717) is 35.3 Å². The summed E-state index contributed by atoms with van der Waals surface area (Å²) in [5, 5.41) is 3.25. The van der Waals surface area contributed by atoms with Crippen LogP contribution in [0.4, 0.5) is 0 Å². The topological polar surface area (TPSA) is 64.0 Å². The third-order valence-corrected chi connectivity index (χ3v) is 3.62. The molecule has 0 radical (unpaired) electrons. The van der Waals surface area contributed by atoms with E-state index in [1.54, 1.807) is 25.1 Å². The predicted octanol–water partition coefficient (Wildman–Crippen LogP) is 2.70. The number of hydrogen-bond donors (Lipinski definition) is 1. The normalized spacial score (nSPS) is 17.7. The van der Waals surface area contributed by atoms with Gasteiger partial charge in [0.15, 0.2) is 0 Å². The fraction of sp³-hybridized carbons (Fsp3) is 0.353. The van der Waals surface area contributed by atoms with Gasteiger partial charge in [-0.1, -0.05) is 32.6 Å². The lowest BCUT2D eigenvalue weighted by Crippen LogP contribution is -2.41. The Morgan fingerprint density at radius 1 is 1.27 bits per heavy atom. The predicted molar refractivity (Wildman–Crippen MR) is 87.6 cm³/mol. The standard InChI is InChI=1S/C15H15N3O2.C2H6/c1-9-7-8-13(14(19)16-9)18-10(2)17-12-6-4-3-5-11(12)15(18)20;1-2/h3-6,13H,1,7-8H2,2H3,(H,16,19);1-2H3. The van der Waals surface area contributed by atoms with E-state index in [-0.39, 0.29) is 11.5 Å². The number of carbonyl (C=O) groups is 1. The summed E-state index contributed by atoms with van der Waals surface area (Å²) in [7, 11) is 0. The van der Waals surface area contributed by atoms with Crippen LogP contribution in [0.1, 0.15) is 38.6 Å². The van der Waals surface area contributed by atoms with Gasteiger partial charge in [0, 0.05) is 5.70 Å². The molecular weight excluding hydrogens is 278 g/mol. The Balaban J connectivity index is 0.000000847. The number of aryl methyl sites for hydroxylation is 1. The highest BCUT2D eigenvalue weighted by molar-refractivity contribution is 5.84. The number of nitrogens with zero attached hydrogens (tertiary/aromatic N) is 2. The van der Waals surface area contributed by atoms with E-state index < -0.39 is 6.04 Å². The van der Waals surface area contributed by atoms with Crippen LogP contribution in [0.15, 0.2) is 41.3 Å². The van der Waals surface area contributed by atoms with Crippen molar-refractivity contribution in [2.45, 2.75) is 39.7 Å². The van der Waals surface area contributed by atoms with Gasteiger partial charge in [-0.2, -0.15) is 0 Å². The number of nitrogens with one attached hydrogen (secondary N) is 1. The Labute approximate surface area is 129 Å². The fourth-order valence-electron chi connectivity index (χ4n) is 2.63. The molecule has 1 unspecified atom stereocenters. The van der Waals surface area contributed by atoms with E-state index >= 15 is 0 Å². The third kappa shape index (κ3) is 2.79. The highest BCUT2D eigenvalue weighted by atomic mass is 16.2. The second-order valence-electron chi connectivity index (χ2n) is 5.00. The maximum absolute atomic E-state index is 12.6. The molecule has 1 aliphatic heterocycles. The highest BCUT2D eigenvalue weighted by Gasteiger charge is 2.28. The number of allylic oxidation sites excluding steroid dienone is 1. The van der Waals surface area contributed by atoms with Crippen molar-refractivity contribution in [2.24, 2.45) is 0 Å². The molecule has 0 bridgehead atoms. The van der Waals surface area contributed by atoms with E-state index in [4.69, 9.17) is 0 Å². The lowest BCUT2D eigenvalue weighted by Gasteiger charge is -2.26. The molecule has 0 spiro atoms. The van der Waals surface area contributed by atoms with Crippen LogP contribution < -0.4 is 10.9 Å². The van der Waals surface area contributed by atoms with Gasteiger partial charge < -0.3 is 5.32 Å². The molecule has 22 heavy (non-hydrogen) atoms. The minimum absolute atomic E-state index is 0.166. The largest absolute Gasteiger partial charge is 0.329 e. The molecule has 1 amide bonds. The lowest BCUT2D eigenvalue weighted by atomic mass is 10.0. The van der Waals surface area contributed by atoms with Gasteiger partial charge in [0.05, 0.1) is 10.9 Å². The van der Waals surface area contributed by atoms with Crippen molar-refractivity contribution in [3.63, 3.8) is 0 Å². The average molecular weight is 299 g/mol. The number of aromatic nitrogens is 2. The van der Waals surface area contributed by atoms with Gasteiger partial charge in [-0.05, 0) is 31.9 Å². The Kier molecular flexibility index (Phi) is 4.75. The molecule has 1 atom stereocenters. The smallest absolute Gasteiger partial charge is 0.262 e. The molecular formula is C17H21N3O2. The second kappa shape index (κ2) is 6.56. The van der Waals surface area contributed by atoms with E-state index in [1.165, 1.54) is 4.57 Å². The number of para-hydroxylation sites is 1. The summed E-state index contributed by atoms with van der Waals surface area (Å²) in [6, 6.07) is 6.67. The maximum Gasteiger partial charge on any atom is 0.262 e. The van der Waals surface area contributed by atoms with E-state index in [1.807, 2.05) is 19.9 Å². The molecule has 1 aliphatic rings. The number of amides is 1. The van der Waals surface area contributed by atoms with E-state index in [2.05, 4.69) is 16.9 Å². The molecule has 1 aromatic carbocycles. The molecule has 2 aromatic rings. The van der Waals surface area contributed by atoms with Gasteiger partial charge in [-0.3, -0.25) is 14.2 Å². The zero-order valence-electron chi connectivity index (χ0n) is 13.2. The summed E-state index contributed by atoms with van der Waals surface area (Å²) in [5.74, 6) is 0.366. The Morgan fingerprint density at radius 3 is 2.64 bits per heavy atom. The van der Waals surface area contributed by atoms with Crippen molar-refractivity contribution >= 4 is 16.8 Å². The summed E-state index contributed by atoms with van der Waals surface area (Å²) in [5.41, 5.74) is 1.19. The molecule has 1 N–H and O–H groups in total.